The van der Waals surface area contributed by atoms with Crippen LogP contribution in [-0.4, -0.2) is 10.8 Å². The van der Waals surface area contributed by atoms with Crippen molar-refractivity contribution in [2.24, 2.45) is 5.41 Å². The summed E-state index contributed by atoms with van der Waals surface area (Å²) in [7, 11) is 0. The van der Waals surface area contributed by atoms with E-state index in [0.717, 1.165) is 17.0 Å². The first-order chi connectivity index (χ1) is 6.58. The molecule has 1 aliphatic rings. The maximum absolute atomic E-state index is 11.7. The van der Waals surface area contributed by atoms with E-state index in [0.29, 0.717) is 6.42 Å². The van der Waals surface area contributed by atoms with Crippen molar-refractivity contribution in [3.8, 4) is 0 Å². The quantitative estimate of drug-likeness (QED) is 0.708. The second kappa shape index (κ2) is 3.31. The molecule has 0 fully saturated rings. The zero-order valence-electron chi connectivity index (χ0n) is 8.41. The Balaban J connectivity index is 2.42. The Bertz CT molecular complexity index is 376. The number of thiazole rings is 1. The molecule has 1 aliphatic carbocycles. The molecule has 74 valence electrons. The zero-order chi connectivity index (χ0) is 10.2. The van der Waals surface area contributed by atoms with Crippen LogP contribution in [0.5, 0.6) is 0 Å². The molecule has 0 aliphatic heterocycles. The molecular weight excluding hydrogens is 194 g/mol. The summed E-state index contributed by atoms with van der Waals surface area (Å²) in [5.41, 5.74) is 0.950. The highest BCUT2D eigenvalue weighted by molar-refractivity contribution is 7.11. The van der Waals surface area contributed by atoms with Gasteiger partial charge in [0.15, 0.2) is 5.78 Å². The molecule has 1 aromatic heterocycles. The molecule has 0 saturated heterocycles. The minimum Gasteiger partial charge on any atom is -0.294 e. The lowest BCUT2D eigenvalue weighted by molar-refractivity contribution is -0.114. The average molecular weight is 207 g/mol. The number of Topliss-reactive ketones (excluding diaryl/α,β-unsaturated/α-hetero) is 1. The number of hydrogen-bond acceptors (Lipinski definition) is 3. The van der Waals surface area contributed by atoms with Crippen molar-refractivity contribution >= 4 is 22.7 Å². The average Bonchev–Trinajstić information content (AvgIpc) is 2.62. The molecule has 2 nitrogen and oxygen atoms in total. The van der Waals surface area contributed by atoms with Crippen LogP contribution in [0.25, 0.3) is 5.57 Å². The van der Waals surface area contributed by atoms with Crippen molar-refractivity contribution in [3.05, 3.63) is 22.7 Å². The van der Waals surface area contributed by atoms with Gasteiger partial charge in [0.25, 0.3) is 0 Å². The van der Waals surface area contributed by atoms with Gasteiger partial charge in [0.05, 0.1) is 5.57 Å². The topological polar surface area (TPSA) is 30.0 Å². The van der Waals surface area contributed by atoms with Crippen LogP contribution in [0.4, 0.5) is 0 Å². The number of aromatic nitrogens is 1. The standard InChI is InChI=1S/C11H13NOS/c1-11(2)4-3-9(13)8(7-11)10-12-5-6-14-10/h5-7H,3-4H2,1-2H3. The van der Waals surface area contributed by atoms with Crippen molar-refractivity contribution in [2.75, 3.05) is 0 Å². The molecule has 14 heavy (non-hydrogen) atoms. The van der Waals surface area contributed by atoms with E-state index in [2.05, 4.69) is 24.9 Å². The molecule has 0 bridgehead atoms. The molecule has 2 rings (SSSR count). The molecule has 1 heterocycles. The Morgan fingerprint density at radius 2 is 2.29 bits per heavy atom. The second-order valence-corrected chi connectivity index (χ2v) is 5.20. The predicted octanol–water partition coefficient (Wildman–Crippen LogP) is 2.92. The molecular formula is C11H13NOS. The lowest BCUT2D eigenvalue weighted by Gasteiger charge is -2.25. The van der Waals surface area contributed by atoms with Gasteiger partial charge in [0.2, 0.25) is 0 Å². The SMILES string of the molecule is CC1(C)C=C(c2nccs2)C(=O)CC1. The van der Waals surface area contributed by atoms with Crippen molar-refractivity contribution in [1.82, 2.24) is 4.98 Å². The minimum absolute atomic E-state index is 0.134. The molecule has 0 atom stereocenters. The number of rotatable bonds is 1. The Hall–Kier alpha value is -0.960. The lowest BCUT2D eigenvalue weighted by atomic mass is 9.79. The molecule has 3 heteroatoms. The first-order valence-corrected chi connectivity index (χ1v) is 5.62. The molecule has 0 amide bonds. The highest BCUT2D eigenvalue weighted by Crippen LogP contribution is 2.35. The van der Waals surface area contributed by atoms with Gasteiger partial charge in [0.1, 0.15) is 5.01 Å². The number of nitrogens with zero attached hydrogens (tertiary/aromatic N) is 1. The largest absolute Gasteiger partial charge is 0.294 e. The summed E-state index contributed by atoms with van der Waals surface area (Å²) < 4.78 is 0. The van der Waals surface area contributed by atoms with Gasteiger partial charge in [-0.1, -0.05) is 19.9 Å². The van der Waals surface area contributed by atoms with Gasteiger partial charge >= 0.3 is 0 Å². The molecule has 0 spiro atoms. The molecule has 0 N–H and O–H groups in total. The van der Waals surface area contributed by atoms with E-state index >= 15 is 0 Å². The van der Waals surface area contributed by atoms with E-state index in [4.69, 9.17) is 0 Å². The Morgan fingerprint density at radius 3 is 2.93 bits per heavy atom. The van der Waals surface area contributed by atoms with E-state index in [-0.39, 0.29) is 11.2 Å². The summed E-state index contributed by atoms with van der Waals surface area (Å²) >= 11 is 1.53. The zero-order valence-corrected chi connectivity index (χ0v) is 9.23. The summed E-state index contributed by atoms with van der Waals surface area (Å²) in [4.78, 5) is 15.9. The molecule has 0 saturated carbocycles. The molecule has 1 aromatic rings. The summed E-state index contributed by atoms with van der Waals surface area (Å²) in [5, 5.41) is 2.77. The Morgan fingerprint density at radius 1 is 1.50 bits per heavy atom. The van der Waals surface area contributed by atoms with Gasteiger partial charge in [-0.3, -0.25) is 4.79 Å². The first-order valence-electron chi connectivity index (χ1n) is 4.74. The van der Waals surface area contributed by atoms with Gasteiger partial charge in [-0.05, 0) is 11.8 Å². The fraction of sp³-hybridized carbons (Fsp3) is 0.455. The van der Waals surface area contributed by atoms with E-state index in [1.54, 1.807) is 6.20 Å². The maximum Gasteiger partial charge on any atom is 0.165 e. The number of hydrogen-bond donors (Lipinski definition) is 0. The van der Waals surface area contributed by atoms with Crippen molar-refractivity contribution in [1.29, 1.82) is 0 Å². The fourth-order valence-corrected chi connectivity index (χ4v) is 2.32. The van der Waals surface area contributed by atoms with Gasteiger partial charge in [-0.25, -0.2) is 4.98 Å². The van der Waals surface area contributed by atoms with E-state index < -0.39 is 0 Å². The maximum atomic E-state index is 11.7. The van der Waals surface area contributed by atoms with Crippen LogP contribution < -0.4 is 0 Å². The summed E-state index contributed by atoms with van der Waals surface area (Å²) in [6.45, 7) is 4.32. The van der Waals surface area contributed by atoms with Gasteiger partial charge < -0.3 is 0 Å². The number of carbonyl (C=O) groups is 1. The van der Waals surface area contributed by atoms with Crippen LogP contribution in [0.1, 0.15) is 31.7 Å². The number of carbonyl (C=O) groups excluding carboxylic acids is 1. The highest BCUT2D eigenvalue weighted by atomic mass is 32.1. The van der Waals surface area contributed by atoms with E-state index in [9.17, 15) is 4.79 Å². The van der Waals surface area contributed by atoms with E-state index in [1.807, 2.05) is 5.38 Å². The molecule has 0 aromatic carbocycles. The molecule has 0 radical (unpaired) electrons. The smallest absolute Gasteiger partial charge is 0.165 e. The van der Waals surface area contributed by atoms with Gasteiger partial charge in [-0.2, -0.15) is 0 Å². The Kier molecular flexibility index (Phi) is 2.27. The monoisotopic (exact) mass is 207 g/mol. The summed E-state index contributed by atoms with van der Waals surface area (Å²) in [5.74, 6) is 0.235. The predicted molar refractivity (Wildman–Crippen MR) is 58.1 cm³/mol. The van der Waals surface area contributed by atoms with Gasteiger partial charge in [0, 0.05) is 18.0 Å². The Labute approximate surface area is 87.7 Å². The van der Waals surface area contributed by atoms with Crippen molar-refractivity contribution in [3.63, 3.8) is 0 Å². The summed E-state index contributed by atoms with van der Waals surface area (Å²) in [6, 6.07) is 0. The lowest BCUT2D eigenvalue weighted by Crippen LogP contribution is -2.19. The third-order valence-electron chi connectivity index (χ3n) is 2.49. The third-order valence-corrected chi connectivity index (χ3v) is 3.30. The van der Waals surface area contributed by atoms with Crippen LogP contribution in [0, 0.1) is 5.41 Å². The van der Waals surface area contributed by atoms with Crippen molar-refractivity contribution in [2.45, 2.75) is 26.7 Å². The van der Waals surface area contributed by atoms with Crippen LogP contribution >= 0.6 is 11.3 Å². The first kappa shape index (κ1) is 9.59. The van der Waals surface area contributed by atoms with Crippen LogP contribution in [0.3, 0.4) is 0 Å². The van der Waals surface area contributed by atoms with Crippen molar-refractivity contribution < 1.29 is 4.79 Å². The van der Waals surface area contributed by atoms with Crippen LogP contribution in [0.2, 0.25) is 0 Å². The van der Waals surface area contributed by atoms with Crippen LogP contribution in [-0.2, 0) is 4.79 Å². The number of allylic oxidation sites excluding steroid dienone is 2. The molecule has 0 unspecified atom stereocenters. The summed E-state index contributed by atoms with van der Waals surface area (Å²) in [6.07, 6.45) is 5.41. The number of ketones is 1. The normalized spacial score (nSPS) is 20.7. The van der Waals surface area contributed by atoms with Crippen LogP contribution in [0.15, 0.2) is 17.7 Å². The second-order valence-electron chi connectivity index (χ2n) is 4.31. The van der Waals surface area contributed by atoms with Gasteiger partial charge in [-0.15, -0.1) is 11.3 Å². The fourth-order valence-electron chi connectivity index (χ4n) is 1.65. The highest BCUT2D eigenvalue weighted by Gasteiger charge is 2.27. The minimum atomic E-state index is 0.134. The van der Waals surface area contributed by atoms with E-state index in [1.165, 1.54) is 11.3 Å². The third kappa shape index (κ3) is 1.77.